The molecule has 1 saturated carbocycles. The van der Waals surface area contributed by atoms with Gasteiger partial charge in [0, 0.05) is 11.4 Å². The Morgan fingerprint density at radius 2 is 2.14 bits per heavy atom. The van der Waals surface area contributed by atoms with Crippen LogP contribution in [0.5, 0.6) is 5.75 Å². The second kappa shape index (κ2) is 10.0. The Bertz CT molecular complexity index is 808. The molecule has 3 N–H and O–H groups in total. The van der Waals surface area contributed by atoms with Crippen molar-refractivity contribution < 1.29 is 9.53 Å². The third-order valence-electron chi connectivity index (χ3n) is 5.00. The zero-order chi connectivity index (χ0) is 19.9. The van der Waals surface area contributed by atoms with E-state index in [-0.39, 0.29) is 11.7 Å². The Labute approximate surface area is 174 Å². The number of rotatable bonds is 8. The van der Waals surface area contributed by atoms with E-state index in [2.05, 4.69) is 15.5 Å². The number of carbonyl (C=O) groups is 1. The van der Waals surface area contributed by atoms with E-state index >= 15 is 0 Å². The van der Waals surface area contributed by atoms with Crippen LogP contribution >= 0.6 is 23.4 Å². The number of thioether (sulfide) groups is 1. The molecule has 1 aromatic heterocycles. The molecule has 0 saturated heterocycles. The number of hydrogen-bond acceptors (Lipinski definition) is 6. The lowest BCUT2D eigenvalue weighted by molar-refractivity contribution is -0.113. The van der Waals surface area contributed by atoms with Crippen LogP contribution in [-0.4, -0.2) is 33.6 Å². The number of methoxy groups -OCH3 is 1. The minimum Gasteiger partial charge on any atom is -0.495 e. The van der Waals surface area contributed by atoms with Gasteiger partial charge in [-0.3, -0.25) is 4.79 Å². The van der Waals surface area contributed by atoms with Gasteiger partial charge in [0.2, 0.25) is 11.1 Å². The van der Waals surface area contributed by atoms with Crippen LogP contribution in [0.15, 0.2) is 23.4 Å². The first kappa shape index (κ1) is 20.8. The van der Waals surface area contributed by atoms with Crippen molar-refractivity contribution in [2.75, 3.05) is 24.0 Å². The highest BCUT2D eigenvalue weighted by atomic mass is 35.5. The summed E-state index contributed by atoms with van der Waals surface area (Å²) in [5, 5.41) is 12.2. The molecule has 2 aromatic rings. The molecule has 1 heterocycles. The van der Waals surface area contributed by atoms with Gasteiger partial charge in [0.1, 0.15) is 5.75 Å². The van der Waals surface area contributed by atoms with Crippen LogP contribution < -0.4 is 15.9 Å². The second-order valence-electron chi connectivity index (χ2n) is 6.99. The van der Waals surface area contributed by atoms with E-state index in [1.54, 1.807) is 25.3 Å². The first-order valence-corrected chi connectivity index (χ1v) is 10.9. The lowest BCUT2D eigenvalue weighted by Gasteiger charge is -2.20. The summed E-state index contributed by atoms with van der Waals surface area (Å²) in [6.45, 7) is 0. The molecule has 152 valence electrons. The SMILES string of the molecule is COc1ccc(Cl)cc1NC(=O)CSc1nnc(CCC2CCCCC2)n1N. The van der Waals surface area contributed by atoms with Crippen molar-refractivity contribution in [3.63, 3.8) is 0 Å². The minimum absolute atomic E-state index is 0.160. The van der Waals surface area contributed by atoms with Gasteiger partial charge in [0.05, 0.1) is 18.6 Å². The van der Waals surface area contributed by atoms with Gasteiger partial charge in [0.15, 0.2) is 5.82 Å². The van der Waals surface area contributed by atoms with Crippen molar-refractivity contribution in [2.24, 2.45) is 5.92 Å². The lowest BCUT2D eigenvalue weighted by Crippen LogP contribution is -2.18. The zero-order valence-corrected chi connectivity index (χ0v) is 17.6. The summed E-state index contributed by atoms with van der Waals surface area (Å²) in [5.74, 6) is 8.17. The Morgan fingerprint density at radius 3 is 2.89 bits per heavy atom. The molecule has 7 nitrogen and oxygen atoms in total. The molecule has 1 fully saturated rings. The van der Waals surface area contributed by atoms with Crippen LogP contribution in [0.2, 0.25) is 5.02 Å². The first-order chi connectivity index (χ1) is 13.6. The summed E-state index contributed by atoms with van der Waals surface area (Å²) >= 11 is 7.24. The zero-order valence-electron chi connectivity index (χ0n) is 16.0. The highest BCUT2D eigenvalue weighted by molar-refractivity contribution is 7.99. The number of nitrogens with zero attached hydrogens (tertiary/aromatic N) is 3. The molecule has 0 radical (unpaired) electrons. The van der Waals surface area contributed by atoms with Crippen molar-refractivity contribution in [1.29, 1.82) is 0 Å². The highest BCUT2D eigenvalue weighted by Crippen LogP contribution is 2.29. The normalized spacial score (nSPS) is 14.8. The molecule has 0 spiro atoms. The number of aromatic nitrogens is 3. The molecular formula is C19H26ClN5O2S. The molecule has 9 heteroatoms. The third kappa shape index (κ3) is 5.54. The molecule has 1 aliphatic carbocycles. The Hall–Kier alpha value is -1.93. The fourth-order valence-corrected chi connectivity index (χ4v) is 4.33. The summed E-state index contributed by atoms with van der Waals surface area (Å²) in [4.78, 5) is 12.3. The first-order valence-electron chi connectivity index (χ1n) is 9.52. The molecule has 0 bridgehead atoms. The van der Waals surface area contributed by atoms with Crippen molar-refractivity contribution in [3.8, 4) is 5.75 Å². The maximum absolute atomic E-state index is 12.3. The smallest absolute Gasteiger partial charge is 0.234 e. The van der Waals surface area contributed by atoms with Gasteiger partial charge in [-0.25, -0.2) is 4.68 Å². The van der Waals surface area contributed by atoms with E-state index < -0.39 is 0 Å². The number of carbonyl (C=O) groups excluding carboxylic acids is 1. The molecule has 0 atom stereocenters. The van der Waals surface area contributed by atoms with Crippen LogP contribution in [0.1, 0.15) is 44.3 Å². The van der Waals surface area contributed by atoms with Crippen LogP contribution in [0, 0.1) is 5.92 Å². The van der Waals surface area contributed by atoms with E-state index in [1.807, 2.05) is 0 Å². The van der Waals surface area contributed by atoms with Crippen LogP contribution in [0.3, 0.4) is 0 Å². The maximum atomic E-state index is 12.3. The summed E-state index contributed by atoms with van der Waals surface area (Å²) in [5.41, 5.74) is 0.531. The number of halogens is 1. The van der Waals surface area contributed by atoms with Gasteiger partial charge in [-0.05, 0) is 30.5 Å². The molecule has 1 aromatic carbocycles. The monoisotopic (exact) mass is 423 g/mol. The molecule has 1 amide bonds. The molecule has 1 aliphatic rings. The predicted octanol–water partition coefficient (Wildman–Crippen LogP) is 3.90. The number of benzene rings is 1. The fourth-order valence-electron chi connectivity index (χ4n) is 3.48. The van der Waals surface area contributed by atoms with Crippen molar-refractivity contribution >= 4 is 35.0 Å². The Balaban J connectivity index is 1.51. The van der Waals surface area contributed by atoms with E-state index in [0.29, 0.717) is 21.6 Å². The van der Waals surface area contributed by atoms with Gasteiger partial charge in [-0.1, -0.05) is 55.5 Å². The number of nitrogens with two attached hydrogens (primary N) is 1. The molecule has 3 rings (SSSR count). The minimum atomic E-state index is -0.197. The largest absolute Gasteiger partial charge is 0.495 e. The summed E-state index contributed by atoms with van der Waals surface area (Å²) in [7, 11) is 1.54. The second-order valence-corrected chi connectivity index (χ2v) is 8.37. The average Bonchev–Trinajstić information content (AvgIpc) is 3.05. The quantitative estimate of drug-likeness (QED) is 0.494. The standard InChI is InChI=1S/C19H26ClN5O2S/c1-27-16-9-8-14(20)11-15(16)22-18(26)12-28-19-24-23-17(25(19)21)10-7-13-5-3-2-4-6-13/h8-9,11,13H,2-7,10,12,21H2,1H3,(H,22,26). The topological polar surface area (TPSA) is 95.1 Å². The number of amides is 1. The van der Waals surface area contributed by atoms with Gasteiger partial charge in [-0.15, -0.1) is 10.2 Å². The number of nitrogen functional groups attached to an aromatic ring is 1. The Morgan fingerprint density at radius 1 is 1.36 bits per heavy atom. The van der Waals surface area contributed by atoms with Gasteiger partial charge >= 0.3 is 0 Å². The average molecular weight is 424 g/mol. The number of anilines is 1. The van der Waals surface area contributed by atoms with E-state index in [0.717, 1.165) is 24.6 Å². The number of nitrogens with one attached hydrogen (secondary N) is 1. The fraction of sp³-hybridized carbons (Fsp3) is 0.526. The Kier molecular flexibility index (Phi) is 7.44. The van der Waals surface area contributed by atoms with E-state index in [1.165, 1.54) is 48.5 Å². The van der Waals surface area contributed by atoms with Gasteiger partial charge in [0.25, 0.3) is 0 Å². The number of aryl methyl sites for hydroxylation is 1. The van der Waals surface area contributed by atoms with Crippen LogP contribution in [0.25, 0.3) is 0 Å². The lowest BCUT2D eigenvalue weighted by atomic mass is 9.86. The van der Waals surface area contributed by atoms with Gasteiger partial charge in [-0.2, -0.15) is 0 Å². The summed E-state index contributed by atoms with van der Waals surface area (Å²) < 4.78 is 6.74. The van der Waals surface area contributed by atoms with E-state index in [9.17, 15) is 4.79 Å². The predicted molar refractivity (Wildman–Crippen MR) is 112 cm³/mol. The third-order valence-corrected chi connectivity index (χ3v) is 6.18. The molecular weight excluding hydrogens is 398 g/mol. The summed E-state index contributed by atoms with van der Waals surface area (Å²) in [6.07, 6.45) is 8.52. The summed E-state index contributed by atoms with van der Waals surface area (Å²) in [6, 6.07) is 5.06. The van der Waals surface area contributed by atoms with Gasteiger partial charge < -0.3 is 15.9 Å². The molecule has 28 heavy (non-hydrogen) atoms. The maximum Gasteiger partial charge on any atom is 0.234 e. The van der Waals surface area contributed by atoms with Crippen molar-refractivity contribution in [2.45, 2.75) is 50.1 Å². The number of ether oxygens (including phenoxy) is 1. The van der Waals surface area contributed by atoms with Crippen molar-refractivity contribution in [1.82, 2.24) is 14.9 Å². The van der Waals surface area contributed by atoms with E-state index in [4.69, 9.17) is 22.2 Å². The molecule has 0 aliphatic heterocycles. The van der Waals surface area contributed by atoms with Crippen molar-refractivity contribution in [3.05, 3.63) is 29.0 Å². The number of hydrogen-bond donors (Lipinski definition) is 2. The van der Waals surface area contributed by atoms with Crippen LogP contribution in [-0.2, 0) is 11.2 Å². The molecule has 0 unspecified atom stereocenters. The van der Waals surface area contributed by atoms with Crippen LogP contribution in [0.4, 0.5) is 5.69 Å². The highest BCUT2D eigenvalue weighted by Gasteiger charge is 2.17.